The first-order valence-electron chi connectivity index (χ1n) is 7.88. The number of thioether (sulfide) groups is 1. The highest BCUT2D eigenvalue weighted by molar-refractivity contribution is 7.99. The molecule has 0 unspecified atom stereocenters. The minimum atomic E-state index is -0.426. The van der Waals surface area contributed by atoms with Crippen LogP contribution in [0.3, 0.4) is 0 Å². The van der Waals surface area contributed by atoms with Crippen molar-refractivity contribution < 1.29 is 14.5 Å². The molecule has 0 aliphatic heterocycles. The van der Waals surface area contributed by atoms with Crippen molar-refractivity contribution in [1.29, 1.82) is 0 Å². The van der Waals surface area contributed by atoms with Gasteiger partial charge in [-0.25, -0.2) is 0 Å². The monoisotopic (exact) mass is 360 g/mol. The van der Waals surface area contributed by atoms with Crippen molar-refractivity contribution >= 4 is 23.4 Å². The van der Waals surface area contributed by atoms with Crippen molar-refractivity contribution in [2.45, 2.75) is 19.2 Å². The third-order valence-electron chi connectivity index (χ3n) is 3.40. The average molecular weight is 360 g/mol. The van der Waals surface area contributed by atoms with E-state index in [9.17, 15) is 14.9 Å². The quantitative estimate of drug-likeness (QED) is 0.546. The highest BCUT2D eigenvalue weighted by Gasteiger charge is 2.07. The molecule has 7 heteroatoms. The molecule has 1 amide bonds. The Labute approximate surface area is 150 Å². The lowest BCUT2D eigenvalue weighted by Crippen LogP contribution is -2.24. The first-order chi connectivity index (χ1) is 12.1. The maximum absolute atomic E-state index is 12.0. The van der Waals surface area contributed by atoms with E-state index in [1.807, 2.05) is 31.2 Å². The van der Waals surface area contributed by atoms with Crippen LogP contribution in [0.2, 0.25) is 0 Å². The van der Waals surface area contributed by atoms with Gasteiger partial charge in [0.15, 0.2) is 0 Å². The standard InChI is InChI=1S/C18H20N2O4S/c1-2-24-17-6-4-3-5-15(17)11-19-18(21)13-25-12-14-7-9-16(10-8-14)20(22)23/h3-10H,2,11-13H2,1H3,(H,19,21). The summed E-state index contributed by atoms with van der Waals surface area (Å²) in [5, 5.41) is 13.5. The molecule has 25 heavy (non-hydrogen) atoms. The molecule has 0 radical (unpaired) electrons. The largest absolute Gasteiger partial charge is 0.494 e. The van der Waals surface area contributed by atoms with E-state index in [2.05, 4.69) is 5.32 Å². The zero-order valence-electron chi connectivity index (χ0n) is 13.9. The van der Waals surface area contributed by atoms with Crippen LogP contribution < -0.4 is 10.1 Å². The Morgan fingerprint density at radius 3 is 2.60 bits per heavy atom. The molecule has 0 heterocycles. The van der Waals surface area contributed by atoms with Crippen LogP contribution in [0.1, 0.15) is 18.1 Å². The molecule has 2 aromatic carbocycles. The van der Waals surface area contributed by atoms with E-state index in [1.165, 1.54) is 23.9 Å². The Kier molecular flexibility index (Phi) is 7.28. The predicted octanol–water partition coefficient (Wildman–Crippen LogP) is 3.54. The van der Waals surface area contributed by atoms with E-state index in [0.29, 0.717) is 24.7 Å². The van der Waals surface area contributed by atoms with Gasteiger partial charge in [-0.2, -0.15) is 0 Å². The van der Waals surface area contributed by atoms with Crippen molar-refractivity contribution in [3.8, 4) is 5.75 Å². The van der Waals surface area contributed by atoms with Gasteiger partial charge in [-0.15, -0.1) is 11.8 Å². The maximum atomic E-state index is 12.0. The summed E-state index contributed by atoms with van der Waals surface area (Å²) in [5.74, 6) is 1.68. The molecule has 0 aliphatic rings. The first-order valence-corrected chi connectivity index (χ1v) is 9.04. The molecule has 0 fully saturated rings. The molecular weight excluding hydrogens is 340 g/mol. The number of nitrogens with one attached hydrogen (secondary N) is 1. The highest BCUT2D eigenvalue weighted by atomic mass is 32.2. The molecular formula is C18H20N2O4S. The van der Waals surface area contributed by atoms with Gasteiger partial charge in [0.25, 0.3) is 5.69 Å². The summed E-state index contributed by atoms with van der Waals surface area (Å²) >= 11 is 1.47. The number of ether oxygens (including phenoxy) is 1. The Morgan fingerprint density at radius 1 is 1.20 bits per heavy atom. The number of amides is 1. The van der Waals surface area contributed by atoms with Crippen molar-refractivity contribution in [2.24, 2.45) is 0 Å². The molecule has 0 saturated carbocycles. The average Bonchev–Trinajstić information content (AvgIpc) is 2.62. The topological polar surface area (TPSA) is 81.5 Å². The number of rotatable bonds is 9. The lowest BCUT2D eigenvalue weighted by atomic mass is 10.2. The van der Waals surface area contributed by atoms with Gasteiger partial charge in [0.1, 0.15) is 5.75 Å². The van der Waals surface area contributed by atoms with Gasteiger partial charge in [0, 0.05) is 30.0 Å². The fraction of sp³-hybridized carbons (Fsp3) is 0.278. The van der Waals surface area contributed by atoms with Crippen molar-refractivity contribution in [3.63, 3.8) is 0 Å². The molecule has 2 aromatic rings. The maximum Gasteiger partial charge on any atom is 0.269 e. The molecule has 0 bridgehead atoms. The summed E-state index contributed by atoms with van der Waals surface area (Å²) in [4.78, 5) is 22.1. The van der Waals surface area contributed by atoms with Gasteiger partial charge in [0.05, 0.1) is 17.3 Å². The van der Waals surface area contributed by atoms with Crippen LogP contribution in [0, 0.1) is 10.1 Å². The lowest BCUT2D eigenvalue weighted by Gasteiger charge is -2.11. The van der Waals surface area contributed by atoms with E-state index in [0.717, 1.165) is 16.9 Å². The Morgan fingerprint density at radius 2 is 1.92 bits per heavy atom. The number of nitro benzene ring substituents is 1. The number of carbonyl (C=O) groups excluding carboxylic acids is 1. The van der Waals surface area contributed by atoms with Gasteiger partial charge < -0.3 is 10.1 Å². The lowest BCUT2D eigenvalue weighted by molar-refractivity contribution is -0.384. The van der Waals surface area contributed by atoms with Crippen LogP contribution in [0.4, 0.5) is 5.69 Å². The molecule has 0 aliphatic carbocycles. The minimum Gasteiger partial charge on any atom is -0.494 e. The number of para-hydroxylation sites is 1. The van der Waals surface area contributed by atoms with Gasteiger partial charge in [-0.05, 0) is 18.6 Å². The number of nitrogens with zero attached hydrogens (tertiary/aromatic N) is 1. The van der Waals surface area contributed by atoms with Crippen molar-refractivity contribution in [3.05, 3.63) is 69.8 Å². The van der Waals surface area contributed by atoms with E-state index >= 15 is 0 Å². The smallest absolute Gasteiger partial charge is 0.269 e. The van der Waals surface area contributed by atoms with E-state index in [-0.39, 0.29) is 11.6 Å². The van der Waals surface area contributed by atoms with E-state index in [4.69, 9.17) is 4.74 Å². The van der Waals surface area contributed by atoms with Crippen LogP contribution in [-0.4, -0.2) is 23.2 Å². The molecule has 0 aromatic heterocycles. The van der Waals surface area contributed by atoms with Crippen molar-refractivity contribution in [1.82, 2.24) is 5.32 Å². The Bertz CT molecular complexity index is 719. The summed E-state index contributed by atoms with van der Waals surface area (Å²) in [5.41, 5.74) is 1.96. The highest BCUT2D eigenvalue weighted by Crippen LogP contribution is 2.18. The van der Waals surface area contributed by atoms with Crippen LogP contribution in [0.5, 0.6) is 5.75 Å². The number of nitro groups is 1. The molecule has 2 rings (SSSR count). The Hall–Kier alpha value is -2.54. The molecule has 132 valence electrons. The number of benzene rings is 2. The van der Waals surface area contributed by atoms with E-state index < -0.39 is 4.92 Å². The van der Waals surface area contributed by atoms with Crippen LogP contribution >= 0.6 is 11.8 Å². The number of carbonyl (C=O) groups is 1. The summed E-state index contributed by atoms with van der Waals surface area (Å²) < 4.78 is 5.53. The molecule has 6 nitrogen and oxygen atoms in total. The van der Waals surface area contributed by atoms with Crippen molar-refractivity contribution in [2.75, 3.05) is 12.4 Å². The van der Waals surface area contributed by atoms with Crippen LogP contribution in [-0.2, 0) is 17.1 Å². The predicted molar refractivity (Wildman–Crippen MR) is 98.7 cm³/mol. The second kappa shape index (κ2) is 9.68. The zero-order valence-corrected chi connectivity index (χ0v) is 14.8. The summed E-state index contributed by atoms with van der Waals surface area (Å²) in [6.45, 7) is 2.92. The van der Waals surface area contributed by atoms with Crippen LogP contribution in [0.25, 0.3) is 0 Å². The van der Waals surface area contributed by atoms with Gasteiger partial charge in [-0.1, -0.05) is 30.3 Å². The number of hydrogen-bond donors (Lipinski definition) is 1. The van der Waals surface area contributed by atoms with Gasteiger partial charge in [0.2, 0.25) is 5.91 Å². The number of non-ortho nitro benzene ring substituents is 1. The Balaban J connectivity index is 1.75. The fourth-order valence-electron chi connectivity index (χ4n) is 2.17. The van der Waals surface area contributed by atoms with Gasteiger partial charge in [-0.3, -0.25) is 14.9 Å². The molecule has 0 saturated heterocycles. The first kappa shape index (κ1) is 18.8. The minimum absolute atomic E-state index is 0.0572. The summed E-state index contributed by atoms with van der Waals surface area (Å²) in [7, 11) is 0. The summed E-state index contributed by atoms with van der Waals surface area (Å²) in [6, 6.07) is 14.0. The third kappa shape index (κ3) is 6.11. The zero-order chi connectivity index (χ0) is 18.1. The summed E-state index contributed by atoms with van der Waals surface area (Å²) in [6.07, 6.45) is 0. The number of hydrogen-bond acceptors (Lipinski definition) is 5. The van der Waals surface area contributed by atoms with Crippen LogP contribution in [0.15, 0.2) is 48.5 Å². The normalized spacial score (nSPS) is 10.3. The third-order valence-corrected chi connectivity index (χ3v) is 4.40. The molecule has 0 spiro atoms. The van der Waals surface area contributed by atoms with E-state index in [1.54, 1.807) is 12.1 Å². The fourth-order valence-corrected chi connectivity index (χ4v) is 2.98. The van der Waals surface area contributed by atoms with Gasteiger partial charge >= 0.3 is 0 Å². The second-order valence-electron chi connectivity index (χ2n) is 5.23. The molecule has 1 N–H and O–H groups in total. The second-order valence-corrected chi connectivity index (χ2v) is 6.22. The SMILES string of the molecule is CCOc1ccccc1CNC(=O)CSCc1ccc([N+](=O)[O-])cc1. The molecule has 0 atom stereocenters.